The molecule has 2 nitrogen and oxygen atoms in total. The van der Waals surface area contributed by atoms with Gasteiger partial charge in [0.25, 0.3) is 0 Å². The van der Waals surface area contributed by atoms with Gasteiger partial charge in [0.2, 0.25) is 0 Å². The molecule has 1 N–H and O–H groups in total. The zero-order valence-electron chi connectivity index (χ0n) is 14.7. The van der Waals surface area contributed by atoms with E-state index in [0.29, 0.717) is 11.6 Å². The number of likely N-dealkylation sites (tertiary alicyclic amines) is 1. The van der Waals surface area contributed by atoms with Crippen molar-refractivity contribution in [3.05, 3.63) is 34.4 Å². The van der Waals surface area contributed by atoms with E-state index in [4.69, 9.17) is 0 Å². The zero-order valence-corrected chi connectivity index (χ0v) is 14.7. The van der Waals surface area contributed by atoms with Crippen molar-refractivity contribution >= 4 is 0 Å². The molecule has 0 spiro atoms. The predicted octanol–water partition coefficient (Wildman–Crippen LogP) is 3.96. The summed E-state index contributed by atoms with van der Waals surface area (Å²) >= 11 is 0. The Morgan fingerprint density at radius 3 is 2.14 bits per heavy atom. The minimum atomic E-state index is 0.315. The highest BCUT2D eigenvalue weighted by Crippen LogP contribution is 2.21. The van der Waals surface area contributed by atoms with Crippen LogP contribution in [0.15, 0.2) is 12.1 Å². The van der Waals surface area contributed by atoms with Crippen molar-refractivity contribution in [1.29, 1.82) is 0 Å². The first-order chi connectivity index (χ1) is 9.77. The van der Waals surface area contributed by atoms with Crippen molar-refractivity contribution in [2.45, 2.75) is 72.5 Å². The molecule has 1 heterocycles. The maximum absolute atomic E-state index is 3.77. The Morgan fingerprint density at radius 2 is 1.57 bits per heavy atom. The summed E-state index contributed by atoms with van der Waals surface area (Å²) in [6, 6.07) is 5.33. The van der Waals surface area contributed by atoms with Gasteiger partial charge in [0, 0.05) is 31.2 Å². The molecule has 118 valence electrons. The molecule has 0 unspecified atom stereocenters. The lowest BCUT2D eigenvalue weighted by Crippen LogP contribution is -2.49. The highest BCUT2D eigenvalue weighted by molar-refractivity contribution is 5.36. The Kier molecular flexibility index (Phi) is 5.11. The highest BCUT2D eigenvalue weighted by Gasteiger charge is 2.26. The van der Waals surface area contributed by atoms with Gasteiger partial charge in [-0.3, -0.25) is 4.90 Å². The highest BCUT2D eigenvalue weighted by atomic mass is 15.2. The van der Waals surface area contributed by atoms with Crippen molar-refractivity contribution in [2.75, 3.05) is 13.1 Å². The van der Waals surface area contributed by atoms with E-state index >= 15 is 0 Å². The topological polar surface area (TPSA) is 15.3 Å². The third kappa shape index (κ3) is 4.31. The molecule has 1 aliphatic heterocycles. The fraction of sp³-hybridized carbons (Fsp3) is 0.684. The molecular formula is C19H32N2. The summed E-state index contributed by atoms with van der Waals surface area (Å²) in [5.41, 5.74) is 5.99. The Bertz CT molecular complexity index is 477. The third-order valence-electron chi connectivity index (χ3n) is 4.98. The van der Waals surface area contributed by atoms with Gasteiger partial charge in [-0.25, -0.2) is 0 Å². The smallest absolute Gasteiger partial charge is 0.0210 e. The van der Waals surface area contributed by atoms with Crippen LogP contribution < -0.4 is 5.32 Å². The fourth-order valence-electron chi connectivity index (χ4n) is 3.22. The summed E-state index contributed by atoms with van der Waals surface area (Å²) in [6.45, 7) is 17.0. The second-order valence-corrected chi connectivity index (χ2v) is 7.68. The molecule has 0 aromatic heterocycles. The Balaban J connectivity index is 1.87. The average molecular weight is 288 g/mol. The van der Waals surface area contributed by atoms with Crippen molar-refractivity contribution in [3.8, 4) is 0 Å². The molecule has 1 fully saturated rings. The van der Waals surface area contributed by atoms with Gasteiger partial charge in [-0.1, -0.05) is 12.1 Å². The molecule has 0 aliphatic carbocycles. The molecule has 1 aliphatic rings. The summed E-state index contributed by atoms with van der Waals surface area (Å²) in [7, 11) is 0. The van der Waals surface area contributed by atoms with E-state index in [1.807, 2.05) is 0 Å². The molecule has 0 radical (unpaired) electrons. The van der Waals surface area contributed by atoms with Crippen molar-refractivity contribution < 1.29 is 0 Å². The molecule has 0 bridgehead atoms. The van der Waals surface area contributed by atoms with Crippen LogP contribution in [-0.4, -0.2) is 29.6 Å². The number of aryl methyl sites for hydroxylation is 3. The van der Waals surface area contributed by atoms with E-state index in [1.54, 1.807) is 0 Å². The van der Waals surface area contributed by atoms with Gasteiger partial charge in [0.15, 0.2) is 0 Å². The lowest BCUT2D eigenvalue weighted by Gasteiger charge is -2.41. The van der Waals surface area contributed by atoms with E-state index in [2.05, 4.69) is 63.9 Å². The van der Waals surface area contributed by atoms with E-state index in [-0.39, 0.29) is 0 Å². The molecule has 1 aromatic rings. The van der Waals surface area contributed by atoms with E-state index in [1.165, 1.54) is 48.2 Å². The number of nitrogens with one attached hydrogen (secondary N) is 1. The van der Waals surface area contributed by atoms with E-state index in [0.717, 1.165) is 6.54 Å². The van der Waals surface area contributed by atoms with Crippen molar-refractivity contribution in [1.82, 2.24) is 10.2 Å². The molecule has 2 rings (SSSR count). The number of benzene rings is 1. The van der Waals surface area contributed by atoms with Gasteiger partial charge >= 0.3 is 0 Å². The number of nitrogens with zero attached hydrogens (tertiary/aromatic N) is 1. The first-order valence-electron chi connectivity index (χ1n) is 8.32. The van der Waals surface area contributed by atoms with Crippen LogP contribution in [0, 0.1) is 20.8 Å². The number of piperidine rings is 1. The maximum atomic E-state index is 3.77. The van der Waals surface area contributed by atoms with Crippen molar-refractivity contribution in [2.24, 2.45) is 0 Å². The molecule has 0 amide bonds. The summed E-state index contributed by atoms with van der Waals surface area (Å²) in [5, 5.41) is 3.77. The molecule has 21 heavy (non-hydrogen) atoms. The minimum absolute atomic E-state index is 0.315. The van der Waals surface area contributed by atoms with Crippen LogP contribution in [0.1, 0.15) is 55.9 Å². The molecule has 0 saturated carbocycles. The van der Waals surface area contributed by atoms with Crippen LogP contribution in [0.25, 0.3) is 0 Å². The first-order valence-corrected chi connectivity index (χ1v) is 8.32. The SMILES string of the molecule is Cc1cc(C)c(CNC2CCN(C(C)(C)C)CC2)cc1C. The minimum Gasteiger partial charge on any atom is -0.310 e. The summed E-state index contributed by atoms with van der Waals surface area (Å²) in [5.74, 6) is 0. The van der Waals surface area contributed by atoms with Gasteiger partial charge in [-0.05, 0) is 76.6 Å². The third-order valence-corrected chi connectivity index (χ3v) is 4.98. The molecular weight excluding hydrogens is 256 g/mol. The predicted molar refractivity (Wildman–Crippen MR) is 91.8 cm³/mol. The van der Waals surface area contributed by atoms with Gasteiger partial charge in [0.05, 0.1) is 0 Å². The second-order valence-electron chi connectivity index (χ2n) is 7.68. The first kappa shape index (κ1) is 16.5. The summed E-state index contributed by atoms with van der Waals surface area (Å²) in [6.07, 6.45) is 2.53. The van der Waals surface area contributed by atoms with Gasteiger partial charge < -0.3 is 5.32 Å². The lowest BCUT2D eigenvalue weighted by molar-refractivity contribution is 0.0960. The Morgan fingerprint density at radius 1 is 1.00 bits per heavy atom. The number of hydrogen-bond donors (Lipinski definition) is 1. The van der Waals surface area contributed by atoms with Crippen LogP contribution in [0.3, 0.4) is 0 Å². The average Bonchev–Trinajstić information content (AvgIpc) is 2.41. The van der Waals surface area contributed by atoms with Crippen molar-refractivity contribution in [3.63, 3.8) is 0 Å². The fourth-order valence-corrected chi connectivity index (χ4v) is 3.22. The van der Waals surface area contributed by atoms with E-state index < -0.39 is 0 Å². The Labute approximate surface area is 130 Å². The largest absolute Gasteiger partial charge is 0.310 e. The van der Waals surface area contributed by atoms with Crippen LogP contribution in [-0.2, 0) is 6.54 Å². The molecule has 1 saturated heterocycles. The van der Waals surface area contributed by atoms with Crippen LogP contribution in [0.4, 0.5) is 0 Å². The lowest BCUT2D eigenvalue weighted by atomic mass is 9.97. The van der Waals surface area contributed by atoms with Crippen LogP contribution >= 0.6 is 0 Å². The molecule has 1 aromatic carbocycles. The van der Waals surface area contributed by atoms with Gasteiger partial charge in [-0.2, -0.15) is 0 Å². The monoisotopic (exact) mass is 288 g/mol. The standard InChI is InChI=1S/C19H32N2/c1-14-11-16(3)17(12-15(14)2)13-20-18-7-9-21(10-8-18)19(4,5)6/h11-12,18,20H,7-10,13H2,1-6H3. The maximum Gasteiger partial charge on any atom is 0.0210 e. The molecule has 2 heteroatoms. The van der Waals surface area contributed by atoms with Gasteiger partial charge in [0.1, 0.15) is 0 Å². The summed E-state index contributed by atoms with van der Waals surface area (Å²) in [4.78, 5) is 2.60. The normalized spacial score (nSPS) is 18.2. The van der Waals surface area contributed by atoms with Crippen LogP contribution in [0.2, 0.25) is 0 Å². The zero-order chi connectivity index (χ0) is 15.6. The molecule has 0 atom stereocenters. The van der Waals surface area contributed by atoms with Gasteiger partial charge in [-0.15, -0.1) is 0 Å². The number of rotatable bonds is 3. The second kappa shape index (κ2) is 6.50. The number of hydrogen-bond acceptors (Lipinski definition) is 2. The quantitative estimate of drug-likeness (QED) is 0.905. The Hall–Kier alpha value is -0.860. The summed E-state index contributed by atoms with van der Waals surface area (Å²) < 4.78 is 0. The van der Waals surface area contributed by atoms with E-state index in [9.17, 15) is 0 Å². The van der Waals surface area contributed by atoms with Crippen LogP contribution in [0.5, 0.6) is 0 Å².